The molecule has 0 aromatic carbocycles. The molecule has 2 aliphatic rings. The van der Waals surface area contributed by atoms with Crippen LogP contribution in [0.2, 0.25) is 0 Å². The van der Waals surface area contributed by atoms with E-state index in [1.807, 2.05) is 20.8 Å². The van der Waals surface area contributed by atoms with Crippen molar-refractivity contribution < 1.29 is 13.9 Å². The summed E-state index contributed by atoms with van der Waals surface area (Å²) in [5.74, 6) is 0. The Morgan fingerprint density at radius 3 is 2.33 bits per heavy atom. The first-order valence-corrected chi connectivity index (χ1v) is 5.44. The summed E-state index contributed by atoms with van der Waals surface area (Å²) < 4.78 is 18.0. The van der Waals surface area contributed by atoms with E-state index in [0.717, 1.165) is 12.8 Å². The Morgan fingerprint density at radius 1 is 1.40 bits per heavy atom. The number of carbonyl (C=O) groups excluding carboxylic acids is 1. The summed E-state index contributed by atoms with van der Waals surface area (Å²) in [7, 11) is 0. The zero-order valence-corrected chi connectivity index (χ0v) is 9.47. The smallest absolute Gasteiger partial charge is 0.407 e. The summed E-state index contributed by atoms with van der Waals surface area (Å²) in [5.41, 5.74) is -0.534. The maximum atomic E-state index is 12.8. The third-order valence-corrected chi connectivity index (χ3v) is 3.12. The topological polar surface area (TPSA) is 38.3 Å². The van der Waals surface area contributed by atoms with E-state index in [-0.39, 0.29) is 11.5 Å². The number of alkyl halides is 1. The summed E-state index contributed by atoms with van der Waals surface area (Å²) in [5, 5.41) is 2.76. The van der Waals surface area contributed by atoms with Gasteiger partial charge in [-0.05, 0) is 40.0 Å². The summed E-state index contributed by atoms with van der Waals surface area (Å²) >= 11 is 0. The molecule has 2 fully saturated rings. The van der Waals surface area contributed by atoms with Crippen LogP contribution in [-0.4, -0.2) is 23.9 Å². The van der Waals surface area contributed by atoms with Gasteiger partial charge in [-0.3, -0.25) is 0 Å². The van der Waals surface area contributed by atoms with E-state index in [2.05, 4.69) is 5.32 Å². The molecule has 0 bridgehead atoms. The fourth-order valence-corrected chi connectivity index (χ4v) is 2.22. The van der Waals surface area contributed by atoms with Crippen LogP contribution in [-0.2, 0) is 4.74 Å². The second-order valence-corrected chi connectivity index (χ2v) is 5.79. The Kier molecular flexibility index (Phi) is 2.21. The van der Waals surface area contributed by atoms with Crippen molar-refractivity contribution in [3.05, 3.63) is 0 Å². The van der Waals surface area contributed by atoms with E-state index < -0.39 is 17.9 Å². The minimum Gasteiger partial charge on any atom is -0.444 e. The molecule has 0 aromatic heterocycles. The van der Waals surface area contributed by atoms with Gasteiger partial charge >= 0.3 is 6.09 Å². The number of alkyl carbamates (subject to hydrolysis) is 1. The number of nitrogens with one attached hydrogen (secondary N) is 1. The molecule has 0 aliphatic heterocycles. The number of carbonyl (C=O) groups is 1. The molecule has 1 unspecified atom stereocenters. The van der Waals surface area contributed by atoms with Gasteiger partial charge in [0, 0.05) is 11.5 Å². The Hall–Kier alpha value is -0.800. The van der Waals surface area contributed by atoms with Gasteiger partial charge in [0.25, 0.3) is 0 Å². The van der Waals surface area contributed by atoms with E-state index in [4.69, 9.17) is 4.74 Å². The van der Waals surface area contributed by atoms with Crippen LogP contribution in [0.5, 0.6) is 0 Å². The predicted octanol–water partition coefficient (Wildman–Crippen LogP) is 2.40. The highest BCUT2D eigenvalue weighted by atomic mass is 19.1. The monoisotopic (exact) mass is 215 g/mol. The van der Waals surface area contributed by atoms with Crippen LogP contribution >= 0.6 is 0 Å². The van der Waals surface area contributed by atoms with Crippen molar-refractivity contribution in [3.8, 4) is 0 Å². The molecule has 2 saturated carbocycles. The third kappa shape index (κ3) is 2.24. The highest BCUT2D eigenvalue weighted by Crippen LogP contribution is 2.62. The summed E-state index contributed by atoms with van der Waals surface area (Å²) in [4.78, 5) is 11.3. The summed E-state index contributed by atoms with van der Waals surface area (Å²) in [6, 6.07) is 0.112. The molecule has 0 heterocycles. The van der Waals surface area contributed by atoms with Crippen LogP contribution in [0.1, 0.15) is 40.0 Å². The van der Waals surface area contributed by atoms with Crippen LogP contribution in [0.25, 0.3) is 0 Å². The molecule has 1 N–H and O–H groups in total. The average molecular weight is 215 g/mol. The maximum absolute atomic E-state index is 12.8. The van der Waals surface area contributed by atoms with Gasteiger partial charge < -0.3 is 10.1 Å². The Labute approximate surface area is 89.4 Å². The van der Waals surface area contributed by atoms with Crippen LogP contribution < -0.4 is 5.32 Å². The molecule has 1 amide bonds. The normalized spacial score (nSPS) is 38.4. The van der Waals surface area contributed by atoms with Crippen LogP contribution in [0.3, 0.4) is 0 Å². The van der Waals surface area contributed by atoms with Crippen molar-refractivity contribution in [2.75, 3.05) is 0 Å². The fraction of sp³-hybridized carbons (Fsp3) is 0.909. The standard InChI is InChI=1S/C11H18FNO2/c1-10(2,3)15-9(14)13-7-4-11(5-7)6-8(11)12/h7-8H,4-6H2,1-3H3,(H,13,14). The minimum atomic E-state index is -0.630. The van der Waals surface area contributed by atoms with Gasteiger partial charge in [-0.1, -0.05) is 0 Å². The van der Waals surface area contributed by atoms with Gasteiger partial charge in [-0.2, -0.15) is 0 Å². The quantitative estimate of drug-likeness (QED) is 0.729. The second-order valence-electron chi connectivity index (χ2n) is 5.79. The highest BCUT2D eigenvalue weighted by molar-refractivity contribution is 5.68. The molecule has 0 radical (unpaired) electrons. The summed E-state index contributed by atoms with van der Waals surface area (Å²) in [6.07, 6.45) is 1.20. The molecule has 15 heavy (non-hydrogen) atoms. The van der Waals surface area contributed by atoms with E-state index in [0.29, 0.717) is 6.42 Å². The minimum absolute atomic E-state index is 0.0698. The largest absolute Gasteiger partial charge is 0.444 e. The third-order valence-electron chi connectivity index (χ3n) is 3.12. The lowest BCUT2D eigenvalue weighted by molar-refractivity contribution is 0.0426. The van der Waals surface area contributed by atoms with Crippen LogP contribution in [0.15, 0.2) is 0 Å². The van der Waals surface area contributed by atoms with Gasteiger partial charge in [0.2, 0.25) is 0 Å². The lowest BCUT2D eigenvalue weighted by atomic mass is 9.77. The number of rotatable bonds is 1. The van der Waals surface area contributed by atoms with Crippen molar-refractivity contribution in [2.24, 2.45) is 5.41 Å². The fourth-order valence-electron chi connectivity index (χ4n) is 2.22. The molecular weight excluding hydrogens is 197 g/mol. The molecule has 3 nitrogen and oxygen atoms in total. The van der Waals surface area contributed by atoms with Gasteiger partial charge in [-0.25, -0.2) is 9.18 Å². The molecule has 2 aliphatic carbocycles. The van der Waals surface area contributed by atoms with Gasteiger partial charge in [-0.15, -0.1) is 0 Å². The molecular formula is C11H18FNO2. The lowest BCUT2D eigenvalue weighted by Gasteiger charge is -2.36. The number of ether oxygens (including phenoxy) is 1. The number of hydrogen-bond donors (Lipinski definition) is 1. The predicted molar refractivity (Wildman–Crippen MR) is 54.3 cm³/mol. The molecule has 0 saturated heterocycles. The van der Waals surface area contributed by atoms with Crippen molar-refractivity contribution in [1.82, 2.24) is 5.32 Å². The van der Waals surface area contributed by atoms with E-state index in [1.54, 1.807) is 0 Å². The molecule has 0 aromatic rings. The van der Waals surface area contributed by atoms with Gasteiger partial charge in [0.1, 0.15) is 11.8 Å². The van der Waals surface area contributed by atoms with E-state index >= 15 is 0 Å². The SMILES string of the molecule is CC(C)(C)OC(=O)NC1CC2(C1)CC2F. The van der Waals surface area contributed by atoms with Crippen molar-refractivity contribution >= 4 is 6.09 Å². The number of halogens is 1. The van der Waals surface area contributed by atoms with E-state index in [9.17, 15) is 9.18 Å². The first-order chi connectivity index (χ1) is 6.81. The number of hydrogen-bond acceptors (Lipinski definition) is 2. The van der Waals surface area contributed by atoms with Crippen molar-refractivity contribution in [1.29, 1.82) is 0 Å². The zero-order chi connectivity index (χ0) is 11.3. The van der Waals surface area contributed by atoms with Crippen molar-refractivity contribution in [2.45, 2.75) is 57.8 Å². The first-order valence-electron chi connectivity index (χ1n) is 5.44. The summed E-state index contributed by atoms with van der Waals surface area (Å²) in [6.45, 7) is 5.48. The zero-order valence-electron chi connectivity index (χ0n) is 9.47. The Bertz CT molecular complexity index is 279. The molecule has 4 heteroatoms. The Balaban J connectivity index is 1.69. The first kappa shape index (κ1) is 10.7. The molecule has 1 spiro atoms. The highest BCUT2D eigenvalue weighted by Gasteiger charge is 2.62. The molecule has 1 atom stereocenters. The van der Waals surface area contributed by atoms with E-state index in [1.165, 1.54) is 0 Å². The Morgan fingerprint density at radius 2 is 1.93 bits per heavy atom. The van der Waals surface area contributed by atoms with Gasteiger partial charge in [0.15, 0.2) is 0 Å². The molecule has 2 rings (SSSR count). The van der Waals surface area contributed by atoms with Crippen LogP contribution in [0.4, 0.5) is 9.18 Å². The lowest BCUT2D eigenvalue weighted by Crippen LogP contribution is -2.47. The maximum Gasteiger partial charge on any atom is 0.407 e. The molecule has 86 valence electrons. The van der Waals surface area contributed by atoms with Gasteiger partial charge in [0.05, 0.1) is 0 Å². The van der Waals surface area contributed by atoms with Crippen molar-refractivity contribution in [3.63, 3.8) is 0 Å². The second kappa shape index (κ2) is 3.09. The average Bonchev–Trinajstić information content (AvgIpc) is 2.55. The van der Waals surface area contributed by atoms with Crippen LogP contribution in [0, 0.1) is 5.41 Å². The number of amides is 1.